The van der Waals surface area contributed by atoms with Gasteiger partial charge < -0.3 is 5.32 Å². The first-order valence-corrected chi connectivity index (χ1v) is 6.77. The van der Waals surface area contributed by atoms with E-state index in [-0.39, 0.29) is 0 Å². The Balaban J connectivity index is 2.47. The first-order chi connectivity index (χ1) is 9.69. The zero-order chi connectivity index (χ0) is 14.5. The Morgan fingerprint density at radius 2 is 1.75 bits per heavy atom. The third-order valence-electron chi connectivity index (χ3n) is 3.36. The number of hydrogen-bond acceptors (Lipinski definition) is 2. The van der Waals surface area contributed by atoms with Gasteiger partial charge in [-0.1, -0.05) is 32.0 Å². The van der Waals surface area contributed by atoms with Crippen LogP contribution >= 0.6 is 0 Å². The fourth-order valence-corrected chi connectivity index (χ4v) is 2.26. The maximum Gasteiger partial charge on any atom is 0.124 e. The van der Waals surface area contributed by atoms with Gasteiger partial charge in [0.2, 0.25) is 0 Å². The van der Waals surface area contributed by atoms with Crippen LogP contribution in [0.25, 0.3) is 0 Å². The van der Waals surface area contributed by atoms with Crippen molar-refractivity contribution >= 4 is 11.4 Å². The topological polar surface area (TPSA) is 35.8 Å². The number of nitrogens with one attached hydrogen (secondary N) is 1. The maximum atomic E-state index is 13.2. The van der Waals surface area contributed by atoms with Crippen LogP contribution < -0.4 is 5.32 Å². The largest absolute Gasteiger partial charge is 0.354 e. The number of nitriles is 1. The Kier molecular flexibility index (Phi) is 4.37. The van der Waals surface area contributed by atoms with E-state index in [0.717, 1.165) is 18.5 Å². The lowest BCUT2D eigenvalue weighted by atomic mass is 10.0. The molecule has 0 bridgehead atoms. The number of rotatable bonds is 4. The van der Waals surface area contributed by atoms with Gasteiger partial charge >= 0.3 is 0 Å². The summed E-state index contributed by atoms with van der Waals surface area (Å²) in [6.45, 7) is 4.19. The molecule has 0 unspecified atom stereocenters. The predicted octanol–water partition coefficient (Wildman–Crippen LogP) is 4.57. The molecule has 0 heterocycles. The second-order valence-corrected chi connectivity index (χ2v) is 4.59. The van der Waals surface area contributed by atoms with Gasteiger partial charge in [0.1, 0.15) is 11.9 Å². The predicted molar refractivity (Wildman–Crippen MR) is 79.6 cm³/mol. The van der Waals surface area contributed by atoms with Crippen LogP contribution in [0.1, 0.15) is 30.5 Å². The summed E-state index contributed by atoms with van der Waals surface area (Å²) in [5.41, 5.74) is 4.37. The third-order valence-corrected chi connectivity index (χ3v) is 3.36. The van der Waals surface area contributed by atoms with E-state index in [9.17, 15) is 4.39 Å². The summed E-state index contributed by atoms with van der Waals surface area (Å²) in [5.74, 6) is -0.397. The minimum Gasteiger partial charge on any atom is -0.354 e. The van der Waals surface area contributed by atoms with Gasteiger partial charge in [-0.05, 0) is 42.2 Å². The lowest BCUT2D eigenvalue weighted by Gasteiger charge is -2.16. The minimum atomic E-state index is -0.397. The smallest absolute Gasteiger partial charge is 0.124 e. The average Bonchev–Trinajstić information content (AvgIpc) is 2.49. The quantitative estimate of drug-likeness (QED) is 0.882. The molecule has 1 N–H and O–H groups in total. The summed E-state index contributed by atoms with van der Waals surface area (Å²) >= 11 is 0. The van der Waals surface area contributed by atoms with Crippen molar-refractivity contribution in [1.29, 1.82) is 5.26 Å². The summed E-state index contributed by atoms with van der Waals surface area (Å²) in [6.07, 6.45) is 1.80. The van der Waals surface area contributed by atoms with Crippen LogP contribution in [-0.2, 0) is 12.8 Å². The second kappa shape index (κ2) is 6.21. The molecule has 2 aromatic rings. The summed E-state index contributed by atoms with van der Waals surface area (Å²) in [6, 6.07) is 12.4. The van der Waals surface area contributed by atoms with Gasteiger partial charge in [0.25, 0.3) is 0 Å². The van der Waals surface area contributed by atoms with Gasteiger partial charge in [0.05, 0.1) is 11.3 Å². The monoisotopic (exact) mass is 268 g/mol. The van der Waals surface area contributed by atoms with Crippen LogP contribution in [0.4, 0.5) is 15.8 Å². The molecular formula is C17H17FN2. The number of hydrogen-bond donors (Lipinski definition) is 1. The van der Waals surface area contributed by atoms with Crippen LogP contribution in [0.2, 0.25) is 0 Å². The van der Waals surface area contributed by atoms with Crippen LogP contribution in [-0.4, -0.2) is 0 Å². The highest BCUT2D eigenvalue weighted by molar-refractivity contribution is 5.71. The zero-order valence-corrected chi connectivity index (χ0v) is 11.7. The average molecular weight is 268 g/mol. The van der Waals surface area contributed by atoms with Crippen molar-refractivity contribution in [3.63, 3.8) is 0 Å². The van der Waals surface area contributed by atoms with E-state index in [1.165, 1.54) is 23.3 Å². The molecule has 102 valence electrons. The van der Waals surface area contributed by atoms with Gasteiger partial charge in [-0.25, -0.2) is 4.39 Å². The molecule has 0 saturated carbocycles. The molecule has 0 fully saturated rings. The zero-order valence-electron chi connectivity index (χ0n) is 11.7. The molecule has 0 radical (unpaired) electrons. The van der Waals surface area contributed by atoms with Crippen molar-refractivity contribution in [3.8, 4) is 6.07 Å². The molecule has 0 aromatic heterocycles. The summed E-state index contributed by atoms with van der Waals surface area (Å²) in [7, 11) is 0. The molecule has 0 saturated heterocycles. The van der Waals surface area contributed by atoms with Gasteiger partial charge in [0, 0.05) is 5.69 Å². The fraction of sp³-hybridized carbons (Fsp3) is 0.235. The summed E-state index contributed by atoms with van der Waals surface area (Å²) < 4.78 is 13.2. The summed E-state index contributed by atoms with van der Waals surface area (Å²) in [4.78, 5) is 0. The van der Waals surface area contributed by atoms with Crippen molar-refractivity contribution in [2.24, 2.45) is 0 Å². The molecule has 0 aliphatic rings. The molecule has 2 aromatic carbocycles. The highest BCUT2D eigenvalue weighted by Crippen LogP contribution is 2.28. The summed E-state index contributed by atoms with van der Waals surface area (Å²) in [5, 5.41) is 12.4. The van der Waals surface area contributed by atoms with Crippen LogP contribution in [0.3, 0.4) is 0 Å². The van der Waals surface area contributed by atoms with Crippen LogP contribution in [0.15, 0.2) is 36.4 Å². The van der Waals surface area contributed by atoms with Crippen molar-refractivity contribution in [2.45, 2.75) is 26.7 Å². The van der Waals surface area contributed by atoms with Gasteiger partial charge in [0.15, 0.2) is 0 Å². The molecule has 20 heavy (non-hydrogen) atoms. The lowest BCUT2D eigenvalue weighted by molar-refractivity contribution is 0.627. The number of benzene rings is 2. The Morgan fingerprint density at radius 3 is 2.30 bits per heavy atom. The van der Waals surface area contributed by atoms with E-state index >= 15 is 0 Å². The number of anilines is 2. The highest BCUT2D eigenvalue weighted by atomic mass is 19.1. The minimum absolute atomic E-state index is 0.318. The SMILES string of the molecule is CCc1cccc(CC)c1Nc1ccc(F)cc1C#N. The van der Waals surface area contributed by atoms with E-state index in [0.29, 0.717) is 11.3 Å². The molecule has 2 rings (SSSR count). The van der Waals surface area contributed by atoms with E-state index in [4.69, 9.17) is 5.26 Å². The molecule has 2 nitrogen and oxygen atoms in total. The molecule has 3 heteroatoms. The van der Waals surface area contributed by atoms with Crippen LogP contribution in [0.5, 0.6) is 0 Å². The number of nitrogens with zero attached hydrogens (tertiary/aromatic N) is 1. The normalized spacial score (nSPS) is 10.1. The molecule has 0 atom stereocenters. The van der Waals surface area contributed by atoms with Crippen molar-refractivity contribution in [1.82, 2.24) is 0 Å². The lowest BCUT2D eigenvalue weighted by Crippen LogP contribution is -2.01. The van der Waals surface area contributed by atoms with Gasteiger partial charge in [-0.3, -0.25) is 0 Å². The van der Waals surface area contributed by atoms with Crippen molar-refractivity contribution < 1.29 is 4.39 Å². The van der Waals surface area contributed by atoms with Gasteiger partial charge in [-0.15, -0.1) is 0 Å². The molecule has 0 aliphatic carbocycles. The van der Waals surface area contributed by atoms with Crippen molar-refractivity contribution in [3.05, 3.63) is 58.9 Å². The Morgan fingerprint density at radius 1 is 1.10 bits per heavy atom. The highest BCUT2D eigenvalue weighted by Gasteiger charge is 2.09. The van der Waals surface area contributed by atoms with Crippen LogP contribution in [0, 0.1) is 17.1 Å². The second-order valence-electron chi connectivity index (χ2n) is 4.59. The van der Waals surface area contributed by atoms with E-state index in [2.05, 4.69) is 31.3 Å². The van der Waals surface area contributed by atoms with E-state index in [1.807, 2.05) is 12.1 Å². The molecule has 0 amide bonds. The van der Waals surface area contributed by atoms with E-state index < -0.39 is 5.82 Å². The Hall–Kier alpha value is -2.34. The Labute approximate surface area is 118 Å². The first-order valence-electron chi connectivity index (χ1n) is 6.77. The van der Waals surface area contributed by atoms with Gasteiger partial charge in [-0.2, -0.15) is 5.26 Å². The number of para-hydroxylation sites is 1. The number of halogens is 1. The third kappa shape index (κ3) is 2.80. The fourth-order valence-electron chi connectivity index (χ4n) is 2.26. The maximum absolute atomic E-state index is 13.2. The standard InChI is InChI=1S/C17H17FN2/c1-3-12-6-5-7-13(4-2)17(12)20-16-9-8-15(18)10-14(16)11-19/h5-10,20H,3-4H2,1-2H3. The first kappa shape index (κ1) is 14.1. The van der Waals surface area contributed by atoms with E-state index in [1.54, 1.807) is 6.07 Å². The number of aryl methyl sites for hydroxylation is 2. The molecule has 0 aliphatic heterocycles. The Bertz CT molecular complexity index is 634. The van der Waals surface area contributed by atoms with Crippen molar-refractivity contribution in [2.75, 3.05) is 5.32 Å². The molecule has 0 spiro atoms. The molecular weight excluding hydrogens is 251 g/mol.